The van der Waals surface area contributed by atoms with Crippen molar-refractivity contribution in [3.8, 4) is 5.75 Å². The number of amides is 1. The Hall–Kier alpha value is -2.81. The van der Waals surface area contributed by atoms with Gasteiger partial charge < -0.3 is 24.6 Å². The van der Waals surface area contributed by atoms with Gasteiger partial charge in [-0.15, -0.1) is 0 Å². The van der Waals surface area contributed by atoms with Crippen molar-refractivity contribution in [2.45, 2.75) is 65.9 Å². The number of hydrogen-bond acceptors (Lipinski definition) is 8. The number of carbonyl (C=O) groups excluding carboxylic acids is 2. The molecule has 3 aliphatic rings. The zero-order chi connectivity index (χ0) is 26.4. The van der Waals surface area contributed by atoms with Gasteiger partial charge in [-0.05, 0) is 69.6 Å². The van der Waals surface area contributed by atoms with Crippen LogP contribution in [0.2, 0.25) is 0 Å². The number of likely N-dealkylation sites (tertiary alicyclic amines) is 1. The number of piperidine rings is 1. The summed E-state index contributed by atoms with van der Waals surface area (Å²) in [5, 5.41) is 4.47. The zero-order valence-corrected chi connectivity index (χ0v) is 23.4. The van der Waals surface area contributed by atoms with Gasteiger partial charge >= 0.3 is 6.09 Å². The van der Waals surface area contributed by atoms with Gasteiger partial charge in [0.05, 0.1) is 22.8 Å². The maximum atomic E-state index is 12.7. The van der Waals surface area contributed by atoms with Gasteiger partial charge in [0.2, 0.25) is 0 Å². The van der Waals surface area contributed by atoms with Crippen LogP contribution in [0.5, 0.6) is 5.75 Å². The largest absolute Gasteiger partial charge is 0.490 e. The molecule has 0 saturated carbocycles. The topological polar surface area (TPSA) is 84.0 Å². The average molecular weight is 527 g/mol. The Balaban J connectivity index is 1.23. The van der Waals surface area contributed by atoms with E-state index in [9.17, 15) is 9.59 Å². The summed E-state index contributed by atoms with van der Waals surface area (Å²) in [6, 6.07) is 6.18. The van der Waals surface area contributed by atoms with Gasteiger partial charge in [-0.2, -0.15) is 0 Å². The molecule has 8 nitrogen and oxygen atoms in total. The van der Waals surface area contributed by atoms with E-state index in [1.807, 2.05) is 31.7 Å². The molecule has 0 atom stereocenters. The number of nitrogens with zero attached hydrogens (tertiary/aromatic N) is 3. The monoisotopic (exact) mass is 526 g/mol. The van der Waals surface area contributed by atoms with Crippen LogP contribution in [0.1, 0.15) is 69.2 Å². The fraction of sp³-hybridized carbons (Fsp3) is 0.607. The first-order valence-corrected chi connectivity index (χ1v) is 14.1. The Morgan fingerprint density at radius 2 is 1.97 bits per heavy atom. The molecule has 1 aromatic carbocycles. The van der Waals surface area contributed by atoms with Gasteiger partial charge in [0, 0.05) is 31.7 Å². The lowest BCUT2D eigenvalue weighted by atomic mass is 9.78. The second kappa shape index (κ2) is 9.82. The Kier molecular flexibility index (Phi) is 6.85. The third kappa shape index (κ3) is 5.87. The molecule has 5 rings (SSSR count). The third-order valence-corrected chi connectivity index (χ3v) is 8.30. The van der Waals surface area contributed by atoms with Crippen LogP contribution in [0.4, 0.5) is 21.3 Å². The Labute approximate surface area is 223 Å². The lowest BCUT2D eigenvalue weighted by Gasteiger charge is -2.33. The number of fused-ring (bicyclic) bond motifs is 2. The van der Waals surface area contributed by atoms with E-state index < -0.39 is 5.60 Å². The summed E-state index contributed by atoms with van der Waals surface area (Å²) in [5.74, 6) is 1.53. The van der Waals surface area contributed by atoms with Crippen molar-refractivity contribution in [1.29, 1.82) is 0 Å². The molecule has 200 valence electrons. The van der Waals surface area contributed by atoms with Crippen LogP contribution in [-0.2, 0) is 11.2 Å². The van der Waals surface area contributed by atoms with Crippen LogP contribution >= 0.6 is 11.3 Å². The fourth-order valence-electron chi connectivity index (χ4n) is 5.26. The quantitative estimate of drug-likeness (QED) is 0.532. The summed E-state index contributed by atoms with van der Waals surface area (Å²) in [6.45, 7) is 13.5. The lowest BCUT2D eigenvalue weighted by Crippen LogP contribution is -2.42. The highest BCUT2D eigenvalue weighted by molar-refractivity contribution is 7.17. The molecular formula is C28H38N4O4S. The fourth-order valence-corrected chi connectivity index (χ4v) is 6.32. The summed E-state index contributed by atoms with van der Waals surface area (Å²) < 4.78 is 11.5. The van der Waals surface area contributed by atoms with Crippen molar-refractivity contribution < 1.29 is 19.1 Å². The van der Waals surface area contributed by atoms with Gasteiger partial charge in [-0.3, -0.25) is 4.79 Å². The standard InChI is InChI=1S/C28H38N4O4S/c1-27(2,3)36-26(34)31-10-8-18(9-11-31)17-29-19-6-7-23-21(14-19)32(12-13-35-23)25-30-20-15-28(4,5)16-22(33)24(20)37-25/h6-7,14,18,29H,8-13,15-17H2,1-5H3. The first-order valence-electron chi connectivity index (χ1n) is 13.3. The van der Waals surface area contributed by atoms with Gasteiger partial charge in [-0.1, -0.05) is 25.2 Å². The minimum absolute atomic E-state index is 0.0432. The molecule has 0 radical (unpaired) electrons. The molecule has 37 heavy (non-hydrogen) atoms. The summed E-state index contributed by atoms with van der Waals surface area (Å²) in [5.41, 5.74) is 2.43. The highest BCUT2D eigenvalue weighted by Gasteiger charge is 2.35. The number of benzene rings is 1. The number of thiazole rings is 1. The van der Waals surface area contributed by atoms with Crippen LogP contribution in [0.25, 0.3) is 0 Å². The van der Waals surface area contributed by atoms with E-state index in [1.165, 1.54) is 11.3 Å². The van der Waals surface area contributed by atoms with Crippen LogP contribution in [0.3, 0.4) is 0 Å². The highest BCUT2D eigenvalue weighted by atomic mass is 32.1. The lowest BCUT2D eigenvalue weighted by molar-refractivity contribution is 0.0188. The van der Waals surface area contributed by atoms with Crippen LogP contribution in [0, 0.1) is 11.3 Å². The minimum Gasteiger partial charge on any atom is -0.490 e. The first kappa shape index (κ1) is 25.8. The molecule has 1 saturated heterocycles. The smallest absolute Gasteiger partial charge is 0.410 e. The second-order valence-corrected chi connectivity index (χ2v) is 13.2. The molecule has 0 bridgehead atoms. The van der Waals surface area contributed by atoms with Gasteiger partial charge in [0.1, 0.15) is 18.0 Å². The molecule has 1 aromatic heterocycles. The van der Waals surface area contributed by atoms with Crippen molar-refractivity contribution in [2.75, 3.05) is 43.0 Å². The number of anilines is 3. The number of Topliss-reactive ketones (excluding diaryl/α,β-unsaturated/α-hetero) is 1. The molecule has 1 aliphatic carbocycles. The predicted octanol–water partition coefficient (Wildman–Crippen LogP) is 5.89. The van der Waals surface area contributed by atoms with Crippen LogP contribution in [0.15, 0.2) is 18.2 Å². The number of rotatable bonds is 4. The third-order valence-electron chi connectivity index (χ3n) is 7.14. The Morgan fingerprint density at radius 1 is 1.22 bits per heavy atom. The van der Waals surface area contributed by atoms with Gasteiger partial charge in [0.15, 0.2) is 10.9 Å². The van der Waals surface area contributed by atoms with Crippen molar-refractivity contribution >= 4 is 39.7 Å². The van der Waals surface area contributed by atoms with E-state index in [0.29, 0.717) is 25.5 Å². The van der Waals surface area contributed by atoms with Gasteiger partial charge in [-0.25, -0.2) is 9.78 Å². The number of ketones is 1. The molecule has 3 heterocycles. The molecule has 1 fully saturated rings. The molecule has 0 unspecified atom stereocenters. The van der Waals surface area contributed by atoms with E-state index in [4.69, 9.17) is 14.5 Å². The average Bonchev–Trinajstić information content (AvgIpc) is 3.24. The summed E-state index contributed by atoms with van der Waals surface area (Å²) >= 11 is 1.51. The first-order chi connectivity index (χ1) is 17.5. The van der Waals surface area contributed by atoms with Gasteiger partial charge in [0.25, 0.3) is 0 Å². The number of nitrogens with one attached hydrogen (secondary N) is 1. The molecule has 2 aromatic rings. The minimum atomic E-state index is -0.469. The number of carbonyl (C=O) groups is 2. The zero-order valence-electron chi connectivity index (χ0n) is 22.6. The van der Waals surface area contributed by atoms with Crippen molar-refractivity contribution in [2.24, 2.45) is 11.3 Å². The van der Waals surface area contributed by atoms with E-state index >= 15 is 0 Å². The Bertz CT molecular complexity index is 1180. The van der Waals surface area contributed by atoms with Crippen molar-refractivity contribution in [1.82, 2.24) is 9.88 Å². The predicted molar refractivity (Wildman–Crippen MR) is 147 cm³/mol. The molecule has 1 amide bonds. The molecule has 9 heteroatoms. The summed E-state index contributed by atoms with van der Waals surface area (Å²) in [6.07, 6.45) is 3.08. The maximum absolute atomic E-state index is 12.7. The number of ether oxygens (including phenoxy) is 2. The normalized spacial score (nSPS) is 19.6. The molecule has 0 spiro atoms. The summed E-state index contributed by atoms with van der Waals surface area (Å²) in [4.78, 5) is 34.8. The van der Waals surface area contributed by atoms with Crippen molar-refractivity contribution in [3.05, 3.63) is 28.8 Å². The molecule has 2 aliphatic heterocycles. The SMILES string of the molecule is CC1(C)CC(=O)c2sc(N3CCOc4ccc(NCC5CCN(C(=O)OC(C)(C)C)CC5)cc43)nc2C1. The van der Waals surface area contributed by atoms with Crippen LogP contribution < -0.4 is 15.0 Å². The maximum Gasteiger partial charge on any atom is 0.410 e. The van der Waals surface area contributed by atoms with E-state index in [0.717, 1.165) is 71.7 Å². The summed E-state index contributed by atoms with van der Waals surface area (Å²) in [7, 11) is 0. The molecule has 1 N–H and O–H groups in total. The number of hydrogen-bond donors (Lipinski definition) is 1. The Morgan fingerprint density at radius 3 is 2.70 bits per heavy atom. The van der Waals surface area contributed by atoms with E-state index in [1.54, 1.807) is 0 Å². The van der Waals surface area contributed by atoms with E-state index in [2.05, 4.69) is 36.2 Å². The second-order valence-electron chi connectivity index (χ2n) is 12.2. The highest BCUT2D eigenvalue weighted by Crippen LogP contribution is 2.44. The van der Waals surface area contributed by atoms with Crippen LogP contribution in [-0.4, -0.2) is 60.1 Å². The molecular weight excluding hydrogens is 488 g/mol. The number of aromatic nitrogens is 1. The van der Waals surface area contributed by atoms with E-state index in [-0.39, 0.29) is 17.3 Å². The van der Waals surface area contributed by atoms with Crippen molar-refractivity contribution in [3.63, 3.8) is 0 Å².